The van der Waals surface area contributed by atoms with Crippen molar-refractivity contribution >= 4 is 12.1 Å². The summed E-state index contributed by atoms with van der Waals surface area (Å²) in [7, 11) is 1.27. The molecule has 0 spiro atoms. The zero-order valence-electron chi connectivity index (χ0n) is 13.2. The largest absolute Gasteiger partial charge is 0.527 e. The highest BCUT2D eigenvalue weighted by Crippen LogP contribution is 2.40. The fraction of sp³-hybridized carbons (Fsp3) is 0.857. The third-order valence-corrected chi connectivity index (χ3v) is 3.77. The van der Waals surface area contributed by atoms with Gasteiger partial charge in [-0.3, -0.25) is 0 Å². The quantitative estimate of drug-likeness (QED) is 0.579. The molecule has 0 radical (unpaired) electrons. The molecule has 0 N–H and O–H groups in total. The second kappa shape index (κ2) is 5.46. The molecule has 0 saturated carbocycles. The average molecular weight is 301 g/mol. The fourth-order valence-corrected chi connectivity index (χ4v) is 3.04. The molecule has 0 aliphatic carbocycles. The summed E-state index contributed by atoms with van der Waals surface area (Å²) in [6.45, 7) is 8.18. The van der Waals surface area contributed by atoms with Gasteiger partial charge in [-0.05, 0) is 27.7 Å². The molecule has 2 saturated heterocycles. The van der Waals surface area contributed by atoms with Crippen LogP contribution in [0.1, 0.15) is 40.5 Å². The fourth-order valence-electron chi connectivity index (χ4n) is 3.04. The van der Waals surface area contributed by atoms with Crippen LogP contribution < -0.4 is 0 Å². The van der Waals surface area contributed by atoms with Crippen molar-refractivity contribution in [3.8, 4) is 0 Å². The lowest BCUT2D eigenvalue weighted by atomic mass is 9.80. The molecule has 7 nitrogen and oxygen atoms in total. The third-order valence-electron chi connectivity index (χ3n) is 3.77. The maximum Gasteiger partial charge on any atom is 0.527 e. The van der Waals surface area contributed by atoms with Crippen molar-refractivity contribution in [2.75, 3.05) is 13.7 Å². The van der Waals surface area contributed by atoms with Crippen LogP contribution in [-0.2, 0) is 23.8 Å². The molecule has 0 aromatic carbocycles. The summed E-state index contributed by atoms with van der Waals surface area (Å²) in [6, 6.07) is 0. The molecule has 2 aliphatic heterocycles. The smallest absolute Gasteiger partial charge is 0.460 e. The molecule has 0 bridgehead atoms. The Bertz CT molecular complexity index is 411. The molecule has 0 amide bonds. The molecule has 1 atom stereocenters. The average Bonchev–Trinajstić information content (AvgIpc) is 3.16. The predicted octanol–water partition coefficient (Wildman–Crippen LogP) is 1.65. The first-order valence-corrected chi connectivity index (χ1v) is 7.04. The summed E-state index contributed by atoms with van der Waals surface area (Å²) < 4.78 is 15.0. The Hall–Kier alpha value is -1.34. The van der Waals surface area contributed by atoms with Crippen LogP contribution in [0.3, 0.4) is 0 Å². The van der Waals surface area contributed by atoms with Gasteiger partial charge in [0.25, 0.3) is 0 Å². The highest BCUT2D eigenvalue weighted by atomic mass is 16.8. The Morgan fingerprint density at radius 3 is 2.10 bits per heavy atom. The van der Waals surface area contributed by atoms with Crippen LogP contribution in [0, 0.1) is 0 Å². The number of carbonyl (C=O) groups is 2. The van der Waals surface area contributed by atoms with E-state index in [1.807, 2.05) is 27.7 Å². The highest BCUT2D eigenvalue weighted by molar-refractivity contribution is 5.77. The van der Waals surface area contributed by atoms with E-state index in [1.165, 1.54) is 7.11 Å². The number of hydrogen-bond acceptors (Lipinski definition) is 7. The van der Waals surface area contributed by atoms with Gasteiger partial charge in [-0.1, -0.05) is 0 Å². The Morgan fingerprint density at radius 1 is 1.14 bits per heavy atom. The van der Waals surface area contributed by atoms with Gasteiger partial charge < -0.3 is 19.0 Å². The summed E-state index contributed by atoms with van der Waals surface area (Å²) in [4.78, 5) is 28.5. The summed E-state index contributed by atoms with van der Waals surface area (Å²) in [6.07, 6.45) is -0.264. The Morgan fingerprint density at radius 2 is 1.67 bits per heavy atom. The predicted molar refractivity (Wildman–Crippen MR) is 72.3 cm³/mol. The molecule has 2 rings (SSSR count). The van der Waals surface area contributed by atoms with Crippen molar-refractivity contribution < 1.29 is 28.6 Å². The van der Waals surface area contributed by atoms with Gasteiger partial charge in [-0.25, -0.2) is 9.59 Å². The monoisotopic (exact) mass is 301 g/mol. The minimum atomic E-state index is -0.752. The maximum absolute atomic E-state index is 11.7. The van der Waals surface area contributed by atoms with Crippen molar-refractivity contribution in [2.45, 2.75) is 63.8 Å². The zero-order chi connectivity index (χ0) is 15.8. The minimum Gasteiger partial charge on any atom is -0.460 e. The van der Waals surface area contributed by atoms with Gasteiger partial charge in [0.05, 0.1) is 24.8 Å². The first-order valence-electron chi connectivity index (χ1n) is 7.04. The van der Waals surface area contributed by atoms with Crippen LogP contribution in [0.2, 0.25) is 0 Å². The van der Waals surface area contributed by atoms with Gasteiger partial charge in [0.15, 0.2) is 6.10 Å². The van der Waals surface area contributed by atoms with Gasteiger partial charge in [-0.2, -0.15) is 0 Å². The SMILES string of the molecule is COC(=O)ON1C(C)(C)CC(OC(=O)C2CO2)CC1(C)C. The van der Waals surface area contributed by atoms with E-state index in [9.17, 15) is 9.59 Å². The maximum atomic E-state index is 11.7. The van der Waals surface area contributed by atoms with Crippen molar-refractivity contribution in [3.05, 3.63) is 0 Å². The van der Waals surface area contributed by atoms with Crippen molar-refractivity contribution in [1.82, 2.24) is 5.06 Å². The molecule has 1 unspecified atom stereocenters. The summed E-state index contributed by atoms with van der Waals surface area (Å²) in [5, 5.41) is 1.63. The number of hydrogen-bond donors (Lipinski definition) is 0. The van der Waals surface area contributed by atoms with Gasteiger partial charge in [0, 0.05) is 12.8 Å². The lowest BCUT2D eigenvalue weighted by molar-refractivity contribution is -0.265. The van der Waals surface area contributed by atoms with Gasteiger partial charge >= 0.3 is 12.1 Å². The number of nitrogens with zero attached hydrogens (tertiary/aromatic N) is 1. The van der Waals surface area contributed by atoms with Crippen molar-refractivity contribution in [3.63, 3.8) is 0 Å². The standard InChI is InChI=1S/C14H23NO6/c1-13(2)6-9(20-11(16)10-8-19-10)7-14(3,4)15(13)21-12(17)18-5/h9-10H,6-8H2,1-5H3. The second-order valence-electron chi connectivity index (χ2n) is 6.75. The number of methoxy groups -OCH3 is 1. The highest BCUT2D eigenvalue weighted by Gasteiger charge is 2.50. The number of hydroxylamine groups is 2. The van der Waals surface area contributed by atoms with E-state index in [4.69, 9.17) is 14.3 Å². The number of ether oxygens (including phenoxy) is 3. The number of rotatable bonds is 3. The normalized spacial score (nSPS) is 27.8. The van der Waals surface area contributed by atoms with E-state index in [0.717, 1.165) is 0 Å². The zero-order valence-corrected chi connectivity index (χ0v) is 13.2. The van der Waals surface area contributed by atoms with Gasteiger partial charge in [0.2, 0.25) is 0 Å². The van der Waals surface area contributed by atoms with Gasteiger partial charge in [-0.15, -0.1) is 5.06 Å². The summed E-state index contributed by atoms with van der Waals surface area (Å²) in [5.74, 6) is -0.311. The van der Waals surface area contributed by atoms with Crippen LogP contribution in [0.5, 0.6) is 0 Å². The Kier molecular flexibility index (Phi) is 4.17. The van der Waals surface area contributed by atoms with Crippen molar-refractivity contribution in [2.24, 2.45) is 0 Å². The Balaban J connectivity index is 2.06. The topological polar surface area (TPSA) is 77.6 Å². The Labute approximate surface area is 124 Å². The van der Waals surface area contributed by atoms with Crippen LogP contribution in [-0.4, -0.2) is 54.2 Å². The lowest BCUT2D eigenvalue weighted by Gasteiger charge is -2.51. The number of epoxide rings is 1. The third kappa shape index (κ3) is 3.65. The molecule has 2 fully saturated rings. The van der Waals surface area contributed by atoms with Crippen LogP contribution >= 0.6 is 0 Å². The first kappa shape index (κ1) is 16.0. The minimum absolute atomic E-state index is 0.232. The molecule has 2 heterocycles. The van der Waals surface area contributed by atoms with Gasteiger partial charge in [0.1, 0.15) is 6.10 Å². The molecule has 0 aromatic heterocycles. The van der Waals surface area contributed by atoms with Crippen LogP contribution in [0.25, 0.3) is 0 Å². The molecular weight excluding hydrogens is 278 g/mol. The summed E-state index contributed by atoms with van der Waals surface area (Å²) >= 11 is 0. The van der Waals surface area contributed by atoms with Crippen LogP contribution in [0.4, 0.5) is 4.79 Å². The number of esters is 1. The molecule has 0 aromatic rings. The van der Waals surface area contributed by atoms with E-state index in [-0.39, 0.29) is 12.1 Å². The first-order chi connectivity index (χ1) is 9.65. The van der Waals surface area contributed by atoms with E-state index in [0.29, 0.717) is 19.4 Å². The summed E-state index contributed by atoms with van der Waals surface area (Å²) in [5.41, 5.74) is -0.962. The van der Waals surface area contributed by atoms with Crippen molar-refractivity contribution in [1.29, 1.82) is 0 Å². The van der Waals surface area contributed by atoms with E-state index in [2.05, 4.69) is 4.74 Å². The molecule has 21 heavy (non-hydrogen) atoms. The number of piperidine rings is 1. The lowest BCUT2D eigenvalue weighted by Crippen LogP contribution is -2.62. The van der Waals surface area contributed by atoms with Crippen LogP contribution in [0.15, 0.2) is 0 Å². The molecule has 7 heteroatoms. The van der Waals surface area contributed by atoms with E-state index >= 15 is 0 Å². The molecular formula is C14H23NO6. The second-order valence-corrected chi connectivity index (χ2v) is 6.75. The molecule has 120 valence electrons. The van der Waals surface area contributed by atoms with E-state index in [1.54, 1.807) is 5.06 Å². The number of carbonyl (C=O) groups excluding carboxylic acids is 2. The molecule has 2 aliphatic rings. The van der Waals surface area contributed by atoms with E-state index < -0.39 is 23.3 Å².